The zero-order valence-corrected chi connectivity index (χ0v) is 13.3. The van der Waals surface area contributed by atoms with Crippen molar-refractivity contribution in [1.82, 2.24) is 0 Å². The maximum atomic E-state index is 10.3. The summed E-state index contributed by atoms with van der Waals surface area (Å²) in [5.41, 5.74) is 1.72. The Balaban J connectivity index is 2.45. The summed E-state index contributed by atoms with van der Waals surface area (Å²) in [5.74, 6) is 0. The van der Waals surface area contributed by atoms with Gasteiger partial charge in [-0.2, -0.15) is 11.3 Å². The molecule has 0 bridgehead atoms. The van der Waals surface area contributed by atoms with Gasteiger partial charge in [0.15, 0.2) is 0 Å². The van der Waals surface area contributed by atoms with Crippen LogP contribution in [0.3, 0.4) is 0 Å². The summed E-state index contributed by atoms with van der Waals surface area (Å²) in [5, 5.41) is 14.8. The first-order valence-corrected chi connectivity index (χ1v) is 7.63. The van der Waals surface area contributed by atoms with Gasteiger partial charge in [0.1, 0.15) is 6.10 Å². The molecule has 0 aliphatic rings. The minimum atomic E-state index is -0.633. The van der Waals surface area contributed by atoms with Crippen molar-refractivity contribution in [3.05, 3.63) is 53.2 Å². The molecule has 2 rings (SSSR count). The van der Waals surface area contributed by atoms with Gasteiger partial charge in [-0.3, -0.25) is 0 Å². The van der Waals surface area contributed by atoms with Crippen molar-refractivity contribution in [2.75, 3.05) is 0 Å². The first kappa shape index (κ1) is 12.8. The Labute approximate surface area is 125 Å². The molecule has 16 heavy (non-hydrogen) atoms. The SMILES string of the molecule is OC(c1cscc1Br)c1cc(Cl)ccc1I. The van der Waals surface area contributed by atoms with Crippen LogP contribution < -0.4 is 0 Å². The molecule has 0 saturated heterocycles. The molecular formula is C11H7BrClIOS. The first-order chi connectivity index (χ1) is 7.59. The molecule has 1 unspecified atom stereocenters. The molecule has 0 fully saturated rings. The molecule has 0 aliphatic carbocycles. The van der Waals surface area contributed by atoms with Gasteiger partial charge in [0.05, 0.1) is 0 Å². The lowest BCUT2D eigenvalue weighted by Gasteiger charge is -2.12. The van der Waals surface area contributed by atoms with Gasteiger partial charge in [-0.15, -0.1) is 0 Å². The fourth-order valence-electron chi connectivity index (χ4n) is 1.38. The highest BCUT2D eigenvalue weighted by Crippen LogP contribution is 2.34. The quantitative estimate of drug-likeness (QED) is 0.677. The van der Waals surface area contributed by atoms with Crippen LogP contribution in [-0.2, 0) is 0 Å². The molecule has 0 amide bonds. The van der Waals surface area contributed by atoms with Gasteiger partial charge in [-0.05, 0) is 67.7 Å². The molecule has 0 spiro atoms. The summed E-state index contributed by atoms with van der Waals surface area (Å²) in [7, 11) is 0. The Morgan fingerprint density at radius 2 is 2.06 bits per heavy atom. The van der Waals surface area contributed by atoms with E-state index >= 15 is 0 Å². The van der Waals surface area contributed by atoms with E-state index in [1.165, 1.54) is 0 Å². The normalized spacial score (nSPS) is 12.8. The summed E-state index contributed by atoms with van der Waals surface area (Å²) in [6, 6.07) is 5.53. The van der Waals surface area contributed by atoms with E-state index in [1.54, 1.807) is 17.4 Å². The molecule has 1 atom stereocenters. The summed E-state index contributed by atoms with van der Waals surface area (Å²) in [6.45, 7) is 0. The van der Waals surface area contributed by atoms with E-state index in [1.807, 2.05) is 22.9 Å². The van der Waals surface area contributed by atoms with Crippen molar-refractivity contribution in [2.45, 2.75) is 6.10 Å². The van der Waals surface area contributed by atoms with Gasteiger partial charge in [-0.1, -0.05) is 11.6 Å². The van der Waals surface area contributed by atoms with Crippen LogP contribution in [0.4, 0.5) is 0 Å². The molecule has 1 heterocycles. The van der Waals surface area contributed by atoms with Crippen molar-refractivity contribution < 1.29 is 5.11 Å². The van der Waals surface area contributed by atoms with Crippen molar-refractivity contribution in [3.63, 3.8) is 0 Å². The largest absolute Gasteiger partial charge is 0.384 e. The topological polar surface area (TPSA) is 20.2 Å². The molecule has 84 valence electrons. The van der Waals surface area contributed by atoms with E-state index in [2.05, 4.69) is 38.5 Å². The Kier molecular flexibility index (Phi) is 4.29. The molecule has 1 N–H and O–H groups in total. The zero-order chi connectivity index (χ0) is 11.7. The molecule has 2 aromatic rings. The van der Waals surface area contributed by atoms with Crippen molar-refractivity contribution in [3.8, 4) is 0 Å². The monoisotopic (exact) mass is 428 g/mol. The van der Waals surface area contributed by atoms with Crippen LogP contribution in [0, 0.1) is 3.57 Å². The predicted octanol–water partition coefficient (Wildman–Crippen LogP) is 4.85. The van der Waals surface area contributed by atoms with Gasteiger partial charge in [-0.25, -0.2) is 0 Å². The van der Waals surface area contributed by atoms with E-state index in [0.717, 1.165) is 19.2 Å². The average Bonchev–Trinajstić information content (AvgIpc) is 2.67. The third-order valence-corrected chi connectivity index (χ3v) is 5.16. The molecule has 1 aromatic heterocycles. The lowest BCUT2D eigenvalue weighted by molar-refractivity contribution is 0.219. The minimum Gasteiger partial charge on any atom is -0.384 e. The Hall–Kier alpha value is 0.380. The average molecular weight is 430 g/mol. The predicted molar refractivity (Wildman–Crippen MR) is 80.2 cm³/mol. The van der Waals surface area contributed by atoms with Crippen LogP contribution >= 0.6 is 61.5 Å². The van der Waals surface area contributed by atoms with Crippen LogP contribution in [0.1, 0.15) is 17.2 Å². The third kappa shape index (κ3) is 2.61. The first-order valence-electron chi connectivity index (χ1n) is 4.44. The van der Waals surface area contributed by atoms with Crippen molar-refractivity contribution >= 4 is 61.5 Å². The number of benzene rings is 1. The van der Waals surface area contributed by atoms with E-state index in [-0.39, 0.29) is 0 Å². The lowest BCUT2D eigenvalue weighted by Crippen LogP contribution is -2.01. The number of hydrogen-bond donors (Lipinski definition) is 1. The highest BCUT2D eigenvalue weighted by molar-refractivity contribution is 14.1. The van der Waals surface area contributed by atoms with Crippen LogP contribution in [-0.4, -0.2) is 5.11 Å². The molecular weight excluding hydrogens is 422 g/mol. The number of rotatable bonds is 2. The number of aliphatic hydroxyl groups is 1. The van der Waals surface area contributed by atoms with Gasteiger partial charge in [0, 0.05) is 24.0 Å². The van der Waals surface area contributed by atoms with Crippen LogP contribution in [0.15, 0.2) is 33.4 Å². The Bertz CT molecular complexity index is 514. The molecule has 0 radical (unpaired) electrons. The Morgan fingerprint density at radius 3 is 2.69 bits per heavy atom. The van der Waals surface area contributed by atoms with E-state index in [4.69, 9.17) is 11.6 Å². The van der Waals surface area contributed by atoms with Gasteiger partial charge < -0.3 is 5.11 Å². The minimum absolute atomic E-state index is 0.633. The van der Waals surface area contributed by atoms with Gasteiger partial charge >= 0.3 is 0 Å². The fraction of sp³-hybridized carbons (Fsp3) is 0.0909. The number of aliphatic hydroxyl groups excluding tert-OH is 1. The van der Waals surface area contributed by atoms with E-state index < -0.39 is 6.10 Å². The number of halogens is 3. The van der Waals surface area contributed by atoms with Crippen LogP contribution in [0.25, 0.3) is 0 Å². The van der Waals surface area contributed by atoms with E-state index in [9.17, 15) is 5.11 Å². The van der Waals surface area contributed by atoms with Crippen molar-refractivity contribution in [1.29, 1.82) is 0 Å². The Morgan fingerprint density at radius 1 is 1.31 bits per heavy atom. The number of hydrogen-bond acceptors (Lipinski definition) is 2. The molecule has 0 aliphatic heterocycles. The molecule has 5 heteroatoms. The second-order valence-corrected chi connectivity index (χ2v) is 6.44. The third-order valence-electron chi connectivity index (χ3n) is 2.19. The number of thiophene rings is 1. The molecule has 1 aromatic carbocycles. The standard InChI is InChI=1S/C11H7BrClIOS/c12-9-5-16-4-8(9)11(15)7-3-6(13)1-2-10(7)14/h1-5,11,15H. The zero-order valence-electron chi connectivity index (χ0n) is 7.95. The molecule has 0 saturated carbocycles. The highest BCUT2D eigenvalue weighted by atomic mass is 127. The summed E-state index contributed by atoms with van der Waals surface area (Å²) in [6.07, 6.45) is -0.633. The second kappa shape index (κ2) is 5.35. The fourth-order valence-corrected chi connectivity index (χ4v) is 3.72. The summed E-state index contributed by atoms with van der Waals surface area (Å²) in [4.78, 5) is 0. The maximum absolute atomic E-state index is 10.3. The van der Waals surface area contributed by atoms with Gasteiger partial charge in [0.2, 0.25) is 0 Å². The second-order valence-electron chi connectivity index (χ2n) is 3.24. The van der Waals surface area contributed by atoms with E-state index in [0.29, 0.717) is 5.02 Å². The van der Waals surface area contributed by atoms with Gasteiger partial charge in [0.25, 0.3) is 0 Å². The van der Waals surface area contributed by atoms with Crippen molar-refractivity contribution in [2.24, 2.45) is 0 Å². The summed E-state index contributed by atoms with van der Waals surface area (Å²) < 4.78 is 1.94. The van der Waals surface area contributed by atoms with Crippen LogP contribution in [0.2, 0.25) is 5.02 Å². The lowest BCUT2D eigenvalue weighted by atomic mass is 10.0. The van der Waals surface area contributed by atoms with Crippen LogP contribution in [0.5, 0.6) is 0 Å². The summed E-state index contributed by atoms with van der Waals surface area (Å²) >= 11 is 13.1. The maximum Gasteiger partial charge on any atom is 0.107 e. The molecule has 1 nitrogen and oxygen atoms in total. The smallest absolute Gasteiger partial charge is 0.107 e. The highest BCUT2D eigenvalue weighted by Gasteiger charge is 2.17.